The Morgan fingerprint density at radius 3 is 2.29 bits per heavy atom. The van der Waals surface area contributed by atoms with E-state index in [9.17, 15) is 19.2 Å². The van der Waals surface area contributed by atoms with E-state index in [1.165, 1.54) is 0 Å². The van der Waals surface area contributed by atoms with Crippen LogP contribution in [-0.2, 0) is 23.8 Å². The Labute approximate surface area is 199 Å². The fourth-order valence-electron chi connectivity index (χ4n) is 3.85. The van der Waals surface area contributed by atoms with Gasteiger partial charge in [0.2, 0.25) is 11.8 Å². The monoisotopic (exact) mass is 475 g/mol. The van der Waals surface area contributed by atoms with Gasteiger partial charge >= 0.3 is 0 Å². The Balaban J connectivity index is 1.39. The third kappa shape index (κ3) is 6.62. The summed E-state index contributed by atoms with van der Waals surface area (Å²) in [6, 6.07) is 4.02. The summed E-state index contributed by atoms with van der Waals surface area (Å²) in [6.45, 7) is 6.09. The zero-order chi connectivity index (χ0) is 24.3. The molecule has 34 heavy (non-hydrogen) atoms. The van der Waals surface area contributed by atoms with Crippen LogP contribution in [0.2, 0.25) is 0 Å². The number of rotatable bonds is 15. The minimum Gasteiger partial charge on any atom is -0.384 e. The van der Waals surface area contributed by atoms with Crippen molar-refractivity contribution in [1.82, 2.24) is 10.2 Å². The smallest absolute Gasteiger partial charge is 0.264 e. The first-order valence-corrected chi connectivity index (χ1v) is 11.9. The maximum atomic E-state index is 13.0. The van der Waals surface area contributed by atoms with E-state index in [0.29, 0.717) is 51.7 Å². The molecule has 1 saturated heterocycles. The molecule has 2 aliphatic rings. The van der Waals surface area contributed by atoms with Crippen molar-refractivity contribution in [3.05, 3.63) is 29.3 Å². The number of amides is 4. The van der Waals surface area contributed by atoms with Crippen LogP contribution in [0.4, 0.5) is 5.69 Å². The van der Waals surface area contributed by atoms with Crippen molar-refractivity contribution in [1.29, 1.82) is 0 Å². The first kappa shape index (κ1) is 25.8. The summed E-state index contributed by atoms with van der Waals surface area (Å²) < 4.78 is 16.4. The van der Waals surface area contributed by atoms with Crippen molar-refractivity contribution in [3.63, 3.8) is 0 Å². The average Bonchev–Trinajstić information content (AvgIpc) is 3.08. The largest absolute Gasteiger partial charge is 0.384 e. The first-order valence-electron chi connectivity index (χ1n) is 11.9. The topological polar surface area (TPSA) is 123 Å². The van der Waals surface area contributed by atoms with Crippen LogP contribution in [0.5, 0.6) is 0 Å². The zero-order valence-corrected chi connectivity index (χ0v) is 19.6. The number of carbonyl (C=O) groups is 4. The maximum absolute atomic E-state index is 13.0. The van der Waals surface area contributed by atoms with Crippen LogP contribution < -0.4 is 10.6 Å². The minimum absolute atomic E-state index is 0.0900. The number of carbonyl (C=O) groups excluding carboxylic acids is 4. The second kappa shape index (κ2) is 13.2. The Morgan fingerprint density at radius 1 is 0.941 bits per heavy atom. The van der Waals surface area contributed by atoms with Crippen molar-refractivity contribution in [3.8, 4) is 0 Å². The Morgan fingerprint density at radius 2 is 1.62 bits per heavy atom. The highest BCUT2D eigenvalue weighted by Crippen LogP contribution is 2.32. The predicted octanol–water partition coefficient (Wildman–Crippen LogP) is 1.74. The molecule has 2 N–H and O–H groups in total. The molecule has 0 radical (unpaired) electrons. The standard InChI is InChI=1S/C24H33N3O7/c1-2-3-11-32-13-15-34-16-14-33-12-5-10-25-18-7-4-6-17-21(18)24(31)27(23(17)30)19-8-9-20(28)26-22(19)29/h4,6-7,19,25H,2-3,5,8-16H2,1H3,(H,26,28,29). The molecule has 10 heteroatoms. The molecule has 0 aromatic heterocycles. The van der Waals surface area contributed by atoms with Gasteiger partial charge in [0.15, 0.2) is 0 Å². The molecule has 0 saturated carbocycles. The Bertz CT molecular complexity index is 889. The Kier molecular flexibility index (Phi) is 9.99. The van der Waals surface area contributed by atoms with E-state index in [4.69, 9.17) is 14.2 Å². The summed E-state index contributed by atoms with van der Waals surface area (Å²) in [5.41, 5.74) is 1.05. The molecule has 2 heterocycles. The molecule has 3 rings (SSSR count). The molecule has 0 aliphatic carbocycles. The molecule has 1 aromatic rings. The lowest BCUT2D eigenvalue weighted by Gasteiger charge is -2.27. The molecular weight excluding hydrogens is 442 g/mol. The van der Waals surface area contributed by atoms with E-state index in [1.54, 1.807) is 18.2 Å². The van der Waals surface area contributed by atoms with Crippen molar-refractivity contribution in [2.24, 2.45) is 0 Å². The number of imide groups is 2. The van der Waals surface area contributed by atoms with Gasteiger partial charge < -0.3 is 19.5 Å². The molecular formula is C24H33N3O7. The summed E-state index contributed by atoms with van der Waals surface area (Å²) in [4.78, 5) is 50.5. The third-order valence-corrected chi connectivity index (χ3v) is 5.64. The third-order valence-electron chi connectivity index (χ3n) is 5.64. The second-order valence-corrected chi connectivity index (χ2v) is 8.15. The fourth-order valence-corrected chi connectivity index (χ4v) is 3.85. The minimum atomic E-state index is -0.975. The summed E-state index contributed by atoms with van der Waals surface area (Å²) >= 11 is 0. The van der Waals surface area contributed by atoms with Gasteiger partial charge in [0, 0.05) is 31.9 Å². The maximum Gasteiger partial charge on any atom is 0.264 e. The van der Waals surface area contributed by atoms with Crippen molar-refractivity contribution in [2.45, 2.75) is 45.1 Å². The van der Waals surface area contributed by atoms with Crippen LogP contribution in [0.3, 0.4) is 0 Å². The number of unbranched alkanes of at least 4 members (excludes halogenated alkanes) is 1. The summed E-state index contributed by atoms with van der Waals surface area (Å²) in [7, 11) is 0. The molecule has 4 amide bonds. The predicted molar refractivity (Wildman–Crippen MR) is 124 cm³/mol. The molecule has 1 fully saturated rings. The molecule has 186 valence electrons. The van der Waals surface area contributed by atoms with Gasteiger partial charge in [-0.05, 0) is 31.4 Å². The second-order valence-electron chi connectivity index (χ2n) is 8.15. The number of fused-ring (bicyclic) bond motifs is 1. The lowest BCUT2D eigenvalue weighted by Crippen LogP contribution is -2.54. The van der Waals surface area contributed by atoms with Gasteiger partial charge in [-0.25, -0.2) is 0 Å². The highest BCUT2D eigenvalue weighted by atomic mass is 16.5. The zero-order valence-electron chi connectivity index (χ0n) is 19.6. The molecule has 1 atom stereocenters. The molecule has 0 bridgehead atoms. The van der Waals surface area contributed by atoms with Gasteiger partial charge in [-0.3, -0.25) is 29.4 Å². The fraction of sp³-hybridized carbons (Fsp3) is 0.583. The van der Waals surface area contributed by atoms with Crippen molar-refractivity contribution < 1.29 is 33.4 Å². The summed E-state index contributed by atoms with van der Waals surface area (Å²) in [5.74, 6) is -2.06. The lowest BCUT2D eigenvalue weighted by molar-refractivity contribution is -0.136. The molecule has 10 nitrogen and oxygen atoms in total. The van der Waals surface area contributed by atoms with Gasteiger partial charge in [-0.1, -0.05) is 19.4 Å². The first-order chi connectivity index (χ1) is 16.5. The lowest BCUT2D eigenvalue weighted by atomic mass is 10.0. The number of nitrogens with one attached hydrogen (secondary N) is 2. The van der Waals surface area contributed by atoms with Gasteiger partial charge in [0.25, 0.3) is 11.8 Å². The highest BCUT2D eigenvalue weighted by molar-refractivity contribution is 6.25. The summed E-state index contributed by atoms with van der Waals surface area (Å²) in [6.07, 6.45) is 3.10. The average molecular weight is 476 g/mol. The van der Waals surface area contributed by atoms with E-state index in [-0.39, 0.29) is 24.0 Å². The van der Waals surface area contributed by atoms with E-state index in [2.05, 4.69) is 17.6 Å². The summed E-state index contributed by atoms with van der Waals surface area (Å²) in [5, 5.41) is 5.39. The number of piperidine rings is 1. The number of hydrogen-bond donors (Lipinski definition) is 2. The Hall–Kier alpha value is -2.82. The van der Waals surface area contributed by atoms with Crippen LogP contribution >= 0.6 is 0 Å². The molecule has 2 aliphatic heterocycles. The van der Waals surface area contributed by atoms with E-state index in [1.807, 2.05) is 0 Å². The van der Waals surface area contributed by atoms with Gasteiger partial charge in [0.05, 0.1) is 37.6 Å². The number of anilines is 1. The van der Waals surface area contributed by atoms with E-state index < -0.39 is 29.7 Å². The SMILES string of the molecule is CCCCOCCOCCOCCCNc1cccc2c1C(=O)N(C1CCC(=O)NC1=O)C2=O. The van der Waals surface area contributed by atoms with Crippen molar-refractivity contribution in [2.75, 3.05) is 51.5 Å². The van der Waals surface area contributed by atoms with Crippen LogP contribution in [0.1, 0.15) is 59.7 Å². The van der Waals surface area contributed by atoms with Crippen LogP contribution in [-0.4, -0.2) is 80.8 Å². The van der Waals surface area contributed by atoms with E-state index in [0.717, 1.165) is 24.3 Å². The number of nitrogens with zero attached hydrogens (tertiary/aromatic N) is 1. The molecule has 1 aromatic carbocycles. The molecule has 1 unspecified atom stereocenters. The highest BCUT2D eigenvalue weighted by Gasteiger charge is 2.45. The van der Waals surface area contributed by atoms with Crippen LogP contribution in [0, 0.1) is 0 Å². The van der Waals surface area contributed by atoms with Crippen LogP contribution in [0.25, 0.3) is 0 Å². The van der Waals surface area contributed by atoms with Crippen molar-refractivity contribution >= 4 is 29.3 Å². The normalized spacial score (nSPS) is 17.8. The number of benzene rings is 1. The van der Waals surface area contributed by atoms with E-state index >= 15 is 0 Å². The molecule has 0 spiro atoms. The number of hydrogen-bond acceptors (Lipinski definition) is 8. The van der Waals surface area contributed by atoms with Gasteiger partial charge in [-0.15, -0.1) is 0 Å². The number of ether oxygens (including phenoxy) is 3. The van der Waals surface area contributed by atoms with Gasteiger partial charge in [-0.2, -0.15) is 0 Å². The van der Waals surface area contributed by atoms with Crippen LogP contribution in [0.15, 0.2) is 18.2 Å². The van der Waals surface area contributed by atoms with Gasteiger partial charge in [0.1, 0.15) is 6.04 Å². The quantitative estimate of drug-likeness (QED) is 0.290.